The molecule has 0 bridgehead atoms. The maximum absolute atomic E-state index is 14.7. The number of hydrogen-bond donors (Lipinski definition) is 2. The van der Waals surface area contributed by atoms with Gasteiger partial charge in [0.15, 0.2) is 0 Å². The number of fused-ring (bicyclic) bond motifs is 6. The second-order valence-electron chi connectivity index (χ2n) is 10.6. The maximum Gasteiger partial charge on any atom is 0.255 e. The number of nitrogens with one attached hydrogen (secondary N) is 2. The van der Waals surface area contributed by atoms with E-state index in [-0.39, 0.29) is 34.2 Å². The summed E-state index contributed by atoms with van der Waals surface area (Å²) in [5.74, 6) is -1.12. The number of nitrogens with zero attached hydrogens (tertiary/aromatic N) is 2. The molecule has 1 aliphatic heterocycles. The van der Waals surface area contributed by atoms with Crippen LogP contribution in [0.5, 0.6) is 0 Å². The highest BCUT2D eigenvalue weighted by atomic mass is 32.2. The van der Waals surface area contributed by atoms with Crippen LogP contribution in [0.2, 0.25) is 0 Å². The van der Waals surface area contributed by atoms with Crippen LogP contribution in [-0.2, 0) is 23.0 Å². The van der Waals surface area contributed by atoms with Gasteiger partial charge in [0, 0.05) is 65.3 Å². The van der Waals surface area contributed by atoms with Gasteiger partial charge in [-0.3, -0.25) is 14.5 Å². The van der Waals surface area contributed by atoms with E-state index in [0.29, 0.717) is 40.4 Å². The number of sulfonamides is 1. The van der Waals surface area contributed by atoms with Crippen molar-refractivity contribution in [3.8, 4) is 33.7 Å². The van der Waals surface area contributed by atoms with Crippen LogP contribution in [0, 0.1) is 11.6 Å². The van der Waals surface area contributed by atoms with Crippen molar-refractivity contribution < 1.29 is 26.4 Å². The van der Waals surface area contributed by atoms with Crippen LogP contribution in [-0.4, -0.2) is 36.7 Å². The minimum absolute atomic E-state index is 0.166. The lowest BCUT2D eigenvalue weighted by atomic mass is 9.96. The molecule has 1 aliphatic rings. The predicted octanol–water partition coefficient (Wildman–Crippen LogP) is 6.74. The van der Waals surface area contributed by atoms with Crippen molar-refractivity contribution in [2.75, 3.05) is 17.5 Å². The van der Waals surface area contributed by atoms with Crippen molar-refractivity contribution in [2.24, 2.45) is 0 Å². The minimum Gasteiger partial charge on any atom is -0.455 e. The fourth-order valence-electron chi connectivity index (χ4n) is 5.85. The van der Waals surface area contributed by atoms with Gasteiger partial charge in [-0.25, -0.2) is 17.2 Å². The number of amides is 1. The van der Waals surface area contributed by atoms with Gasteiger partial charge >= 0.3 is 0 Å². The third-order valence-corrected chi connectivity index (χ3v) is 9.35. The Hall–Kier alpha value is -5.03. The second-order valence-corrected chi connectivity index (χ2v) is 12.6. The SMILES string of the molecule is CCS(=O)(=O)Nc1cc2oc(-c3ccc(F)cc3)c(C(=O)NC)c2cc1-c1cnc2c(c1)-c1cc3c(F)cccc3n1CC2. The van der Waals surface area contributed by atoms with Crippen molar-refractivity contribution >= 4 is 43.5 Å². The first-order valence-corrected chi connectivity index (χ1v) is 15.7. The summed E-state index contributed by atoms with van der Waals surface area (Å²) in [6, 6.07) is 17.5. The molecule has 0 unspecified atom stereocenters. The quantitative estimate of drug-likeness (QED) is 0.217. The lowest BCUT2D eigenvalue weighted by Crippen LogP contribution is -2.18. The molecule has 0 saturated carbocycles. The summed E-state index contributed by atoms with van der Waals surface area (Å²) in [5, 5.41) is 3.59. The highest BCUT2D eigenvalue weighted by Crippen LogP contribution is 2.42. The molecular formula is C33H26F2N4O4S. The number of hydrogen-bond acceptors (Lipinski definition) is 5. The van der Waals surface area contributed by atoms with Gasteiger partial charge in [0.2, 0.25) is 10.0 Å². The Labute approximate surface area is 251 Å². The van der Waals surface area contributed by atoms with E-state index < -0.39 is 21.7 Å². The van der Waals surface area contributed by atoms with Crippen molar-refractivity contribution in [1.82, 2.24) is 14.9 Å². The van der Waals surface area contributed by atoms with Gasteiger partial charge in [0.05, 0.1) is 33.9 Å². The maximum atomic E-state index is 14.7. The van der Waals surface area contributed by atoms with Crippen molar-refractivity contribution in [1.29, 1.82) is 0 Å². The summed E-state index contributed by atoms with van der Waals surface area (Å²) in [6.45, 7) is 2.17. The molecule has 0 spiro atoms. The van der Waals surface area contributed by atoms with Crippen molar-refractivity contribution in [3.05, 3.63) is 95.8 Å². The highest BCUT2D eigenvalue weighted by molar-refractivity contribution is 7.92. The molecule has 0 radical (unpaired) electrons. The van der Waals surface area contributed by atoms with E-state index in [2.05, 4.69) is 14.6 Å². The normalized spacial score (nSPS) is 12.7. The second kappa shape index (κ2) is 10.3. The number of halogens is 2. The number of rotatable bonds is 6. The lowest BCUT2D eigenvalue weighted by molar-refractivity contribution is 0.0964. The first kappa shape index (κ1) is 27.8. The Balaban J connectivity index is 1.47. The van der Waals surface area contributed by atoms with E-state index in [1.165, 1.54) is 44.3 Å². The number of aromatic nitrogens is 2. The summed E-state index contributed by atoms with van der Waals surface area (Å²) in [6.07, 6.45) is 2.31. The Morgan fingerprint density at radius 2 is 1.80 bits per heavy atom. The summed E-state index contributed by atoms with van der Waals surface area (Å²) < 4.78 is 64.9. The lowest BCUT2D eigenvalue weighted by Gasteiger charge is -2.21. The fourth-order valence-corrected chi connectivity index (χ4v) is 6.50. The van der Waals surface area contributed by atoms with Gasteiger partial charge in [-0.15, -0.1) is 0 Å². The van der Waals surface area contributed by atoms with Gasteiger partial charge in [-0.2, -0.15) is 0 Å². The minimum atomic E-state index is -3.72. The number of benzene rings is 3. The molecule has 222 valence electrons. The molecule has 1 amide bonds. The van der Waals surface area contributed by atoms with Crippen molar-refractivity contribution in [3.63, 3.8) is 0 Å². The van der Waals surface area contributed by atoms with Gasteiger partial charge in [-0.05, 0) is 61.5 Å². The first-order chi connectivity index (χ1) is 21.2. The van der Waals surface area contributed by atoms with Gasteiger partial charge in [0.25, 0.3) is 5.91 Å². The van der Waals surface area contributed by atoms with Crippen LogP contribution in [0.1, 0.15) is 23.0 Å². The third-order valence-electron chi connectivity index (χ3n) is 8.06. The van der Waals surface area contributed by atoms with Gasteiger partial charge in [-0.1, -0.05) is 6.07 Å². The zero-order chi connectivity index (χ0) is 30.7. The van der Waals surface area contributed by atoms with Crippen LogP contribution in [0.15, 0.2) is 77.3 Å². The highest BCUT2D eigenvalue weighted by Gasteiger charge is 2.26. The Morgan fingerprint density at radius 1 is 1.00 bits per heavy atom. The smallest absolute Gasteiger partial charge is 0.255 e. The molecule has 2 N–H and O–H groups in total. The summed E-state index contributed by atoms with van der Waals surface area (Å²) >= 11 is 0. The Bertz CT molecular complexity index is 2240. The monoisotopic (exact) mass is 612 g/mol. The molecule has 0 fully saturated rings. The summed E-state index contributed by atoms with van der Waals surface area (Å²) in [5.41, 5.74) is 5.52. The average Bonchev–Trinajstić information content (AvgIpc) is 3.60. The molecule has 3 aromatic carbocycles. The molecule has 8 nitrogen and oxygen atoms in total. The van der Waals surface area contributed by atoms with Crippen LogP contribution < -0.4 is 10.0 Å². The number of pyridine rings is 1. The van der Waals surface area contributed by atoms with Crippen molar-refractivity contribution in [2.45, 2.75) is 19.9 Å². The zero-order valence-corrected chi connectivity index (χ0v) is 24.6. The molecule has 4 heterocycles. The topological polar surface area (TPSA) is 106 Å². The number of anilines is 1. The van der Waals surface area contributed by atoms with E-state index in [0.717, 1.165) is 22.5 Å². The summed E-state index contributed by atoms with van der Waals surface area (Å²) in [7, 11) is -2.22. The van der Waals surface area contributed by atoms with E-state index in [1.54, 1.807) is 24.4 Å². The largest absolute Gasteiger partial charge is 0.455 e. The zero-order valence-electron chi connectivity index (χ0n) is 23.7. The molecule has 11 heteroatoms. The van der Waals surface area contributed by atoms with Crippen LogP contribution in [0.4, 0.5) is 14.5 Å². The molecule has 3 aromatic heterocycles. The van der Waals surface area contributed by atoms with E-state index in [1.807, 2.05) is 18.2 Å². The van der Waals surface area contributed by atoms with E-state index >= 15 is 0 Å². The molecular weight excluding hydrogens is 586 g/mol. The number of furan rings is 1. The Morgan fingerprint density at radius 3 is 2.55 bits per heavy atom. The molecule has 6 aromatic rings. The Kier molecular flexibility index (Phi) is 6.51. The van der Waals surface area contributed by atoms with Crippen LogP contribution >= 0.6 is 0 Å². The van der Waals surface area contributed by atoms with E-state index in [9.17, 15) is 22.0 Å². The average molecular weight is 613 g/mol. The molecule has 0 saturated heterocycles. The van der Waals surface area contributed by atoms with Gasteiger partial charge < -0.3 is 14.3 Å². The molecule has 44 heavy (non-hydrogen) atoms. The van der Waals surface area contributed by atoms with Crippen LogP contribution in [0.25, 0.3) is 55.6 Å². The first-order valence-electron chi connectivity index (χ1n) is 14.0. The molecule has 0 aliphatic carbocycles. The predicted molar refractivity (Wildman–Crippen MR) is 166 cm³/mol. The van der Waals surface area contributed by atoms with E-state index in [4.69, 9.17) is 9.40 Å². The molecule has 7 rings (SSSR count). The summed E-state index contributed by atoms with van der Waals surface area (Å²) in [4.78, 5) is 17.9. The number of carbonyl (C=O) groups excluding carboxylic acids is 1. The number of aryl methyl sites for hydroxylation is 2. The van der Waals surface area contributed by atoms with Crippen LogP contribution in [0.3, 0.4) is 0 Å². The number of carbonyl (C=O) groups is 1. The standard InChI is InChI=1S/C33H26F2N4O4S/c1-3-44(41,42)38-27-16-30-24(31(33(40)36-2)32(43-30)18-7-9-20(34)10-8-18)14-21(27)19-13-23-26(37-17-19)11-12-39-28-6-4-5-25(35)22(28)15-29(23)39/h4-10,13-17,38H,3,11-12H2,1-2H3,(H,36,40). The molecule has 0 atom stereocenters. The third kappa shape index (κ3) is 4.51. The fraction of sp³-hybridized carbons (Fsp3) is 0.152. The van der Waals surface area contributed by atoms with Gasteiger partial charge in [0.1, 0.15) is 23.0 Å².